The van der Waals surface area contributed by atoms with Gasteiger partial charge in [-0.05, 0) is 12.1 Å². The number of H-pyrrole nitrogens is 1. The Hall–Kier alpha value is -2.43. The van der Waals surface area contributed by atoms with Crippen molar-refractivity contribution in [1.82, 2.24) is 19.4 Å². The number of fused-ring (bicyclic) bond motifs is 1. The zero-order chi connectivity index (χ0) is 11.0. The number of aromatic nitrogens is 4. The fourth-order valence-electron chi connectivity index (χ4n) is 1.58. The van der Waals surface area contributed by atoms with Crippen LogP contribution in [0.2, 0.25) is 0 Å². The Morgan fingerprint density at radius 2 is 2.25 bits per heavy atom. The van der Waals surface area contributed by atoms with E-state index in [1.807, 2.05) is 28.8 Å². The van der Waals surface area contributed by atoms with Gasteiger partial charge in [-0.25, -0.2) is 9.97 Å². The molecule has 0 amide bonds. The lowest BCUT2D eigenvalue weighted by Gasteiger charge is -1.90. The van der Waals surface area contributed by atoms with Gasteiger partial charge in [-0.2, -0.15) is 0 Å². The van der Waals surface area contributed by atoms with Crippen LogP contribution in [-0.4, -0.2) is 19.4 Å². The maximum Gasteiger partial charge on any atom is 0.276 e. The molecule has 16 heavy (non-hydrogen) atoms. The molecule has 0 radical (unpaired) electrons. The van der Waals surface area contributed by atoms with Gasteiger partial charge in [0.1, 0.15) is 11.3 Å². The van der Waals surface area contributed by atoms with Crippen LogP contribution in [0.25, 0.3) is 17.0 Å². The van der Waals surface area contributed by atoms with Crippen molar-refractivity contribution in [1.29, 1.82) is 0 Å². The molecule has 0 aromatic carbocycles. The van der Waals surface area contributed by atoms with Gasteiger partial charge >= 0.3 is 0 Å². The molecule has 3 aromatic heterocycles. The summed E-state index contributed by atoms with van der Waals surface area (Å²) < 4.78 is 1.85. The van der Waals surface area contributed by atoms with E-state index >= 15 is 0 Å². The summed E-state index contributed by atoms with van der Waals surface area (Å²) in [7, 11) is 0. The van der Waals surface area contributed by atoms with Gasteiger partial charge in [0.2, 0.25) is 0 Å². The number of hydrogen-bond donors (Lipinski definition) is 1. The molecule has 78 valence electrons. The van der Waals surface area contributed by atoms with Gasteiger partial charge < -0.3 is 9.38 Å². The van der Waals surface area contributed by atoms with Gasteiger partial charge in [0.25, 0.3) is 5.56 Å². The van der Waals surface area contributed by atoms with Crippen molar-refractivity contribution in [3.05, 3.63) is 53.3 Å². The molecule has 3 rings (SSSR count). The smallest absolute Gasteiger partial charge is 0.276 e. The van der Waals surface area contributed by atoms with Crippen molar-refractivity contribution in [2.45, 2.75) is 0 Å². The zero-order valence-electron chi connectivity index (χ0n) is 8.29. The Kier molecular flexibility index (Phi) is 1.83. The number of rotatable bonds is 1. The highest BCUT2D eigenvalue weighted by molar-refractivity contribution is 5.57. The fourth-order valence-corrected chi connectivity index (χ4v) is 1.58. The molecule has 0 atom stereocenters. The van der Waals surface area contributed by atoms with E-state index in [9.17, 15) is 4.79 Å². The molecule has 5 nitrogen and oxygen atoms in total. The first-order valence-corrected chi connectivity index (χ1v) is 4.82. The number of hydrogen-bond acceptors (Lipinski definition) is 3. The third kappa shape index (κ3) is 1.30. The van der Waals surface area contributed by atoms with Crippen molar-refractivity contribution in [3.8, 4) is 11.4 Å². The molecule has 0 unspecified atom stereocenters. The first-order valence-electron chi connectivity index (χ1n) is 4.82. The van der Waals surface area contributed by atoms with E-state index in [0.717, 1.165) is 5.65 Å². The Labute approximate surface area is 90.4 Å². The van der Waals surface area contributed by atoms with Crippen LogP contribution in [0, 0.1) is 0 Å². The molecule has 0 aliphatic heterocycles. The molecule has 0 aliphatic rings. The van der Waals surface area contributed by atoms with Crippen molar-refractivity contribution < 1.29 is 0 Å². The van der Waals surface area contributed by atoms with Crippen molar-refractivity contribution >= 4 is 5.65 Å². The minimum atomic E-state index is -0.231. The third-order valence-electron chi connectivity index (χ3n) is 2.31. The lowest BCUT2D eigenvalue weighted by atomic mass is 10.3. The summed E-state index contributed by atoms with van der Waals surface area (Å²) in [5.74, 6) is 0. The summed E-state index contributed by atoms with van der Waals surface area (Å²) in [4.78, 5) is 22.5. The van der Waals surface area contributed by atoms with E-state index < -0.39 is 0 Å². The molecular formula is C11H8N4O. The molecule has 0 bridgehead atoms. The molecule has 5 heteroatoms. The standard InChI is InChI=1S/C11H8N4O/c16-11-10(12-4-5-13-11)8-7-15-6-2-1-3-9(15)14-8/h1-7H,(H,13,16). The molecular weight excluding hydrogens is 204 g/mol. The first kappa shape index (κ1) is 8.84. The van der Waals surface area contributed by atoms with Crippen LogP contribution in [0.3, 0.4) is 0 Å². The number of pyridine rings is 1. The Morgan fingerprint density at radius 1 is 1.31 bits per heavy atom. The number of aromatic amines is 1. The number of imidazole rings is 1. The summed E-state index contributed by atoms with van der Waals surface area (Å²) in [5.41, 5.74) is 1.48. The number of nitrogens with zero attached hydrogens (tertiary/aromatic N) is 3. The summed E-state index contributed by atoms with van der Waals surface area (Å²) in [6.07, 6.45) is 6.71. The highest BCUT2D eigenvalue weighted by Crippen LogP contribution is 2.12. The maximum atomic E-state index is 11.5. The molecule has 0 aliphatic carbocycles. The lowest BCUT2D eigenvalue weighted by molar-refractivity contribution is 1.13. The summed E-state index contributed by atoms with van der Waals surface area (Å²) in [6, 6.07) is 5.68. The van der Waals surface area contributed by atoms with Gasteiger partial charge in [0.05, 0.1) is 0 Å². The lowest BCUT2D eigenvalue weighted by Crippen LogP contribution is -2.09. The van der Waals surface area contributed by atoms with E-state index in [0.29, 0.717) is 11.4 Å². The highest BCUT2D eigenvalue weighted by atomic mass is 16.1. The molecule has 0 spiro atoms. The molecule has 3 heterocycles. The van der Waals surface area contributed by atoms with Crippen LogP contribution in [0.4, 0.5) is 0 Å². The molecule has 0 saturated carbocycles. The molecule has 0 saturated heterocycles. The molecule has 0 fully saturated rings. The van der Waals surface area contributed by atoms with Gasteiger partial charge in [0.15, 0.2) is 5.69 Å². The van der Waals surface area contributed by atoms with E-state index in [1.165, 1.54) is 6.20 Å². The third-order valence-corrected chi connectivity index (χ3v) is 2.31. The summed E-state index contributed by atoms with van der Waals surface area (Å²) >= 11 is 0. The van der Waals surface area contributed by atoms with E-state index in [-0.39, 0.29) is 5.56 Å². The van der Waals surface area contributed by atoms with E-state index in [4.69, 9.17) is 0 Å². The average Bonchev–Trinajstić information content (AvgIpc) is 2.73. The van der Waals surface area contributed by atoms with Crippen molar-refractivity contribution in [3.63, 3.8) is 0 Å². The maximum absolute atomic E-state index is 11.5. The second-order valence-corrected chi connectivity index (χ2v) is 3.36. The SMILES string of the molecule is O=c1[nH]ccnc1-c1cn2ccccc2n1. The molecule has 3 aromatic rings. The Balaban J connectivity index is 2.27. The average molecular weight is 212 g/mol. The van der Waals surface area contributed by atoms with Crippen LogP contribution in [0.15, 0.2) is 47.8 Å². The van der Waals surface area contributed by atoms with Gasteiger partial charge in [-0.1, -0.05) is 6.07 Å². The number of nitrogens with one attached hydrogen (secondary N) is 1. The second kappa shape index (κ2) is 3.30. The van der Waals surface area contributed by atoms with Crippen LogP contribution >= 0.6 is 0 Å². The summed E-state index contributed by atoms with van der Waals surface area (Å²) in [6.45, 7) is 0. The van der Waals surface area contributed by atoms with E-state index in [1.54, 1.807) is 12.4 Å². The summed E-state index contributed by atoms with van der Waals surface area (Å²) in [5, 5.41) is 0. The quantitative estimate of drug-likeness (QED) is 0.656. The topological polar surface area (TPSA) is 63.0 Å². The monoisotopic (exact) mass is 212 g/mol. The van der Waals surface area contributed by atoms with Crippen LogP contribution in [0.5, 0.6) is 0 Å². The van der Waals surface area contributed by atoms with E-state index in [2.05, 4.69) is 15.0 Å². The van der Waals surface area contributed by atoms with Crippen molar-refractivity contribution in [2.75, 3.05) is 0 Å². The Bertz CT molecular complexity index is 665. The second-order valence-electron chi connectivity index (χ2n) is 3.36. The highest BCUT2D eigenvalue weighted by Gasteiger charge is 2.08. The van der Waals surface area contributed by atoms with Gasteiger partial charge in [-0.15, -0.1) is 0 Å². The van der Waals surface area contributed by atoms with Gasteiger partial charge in [-0.3, -0.25) is 4.79 Å². The predicted molar refractivity (Wildman–Crippen MR) is 59.0 cm³/mol. The normalized spacial score (nSPS) is 10.8. The minimum Gasteiger partial charge on any atom is -0.326 e. The fraction of sp³-hybridized carbons (Fsp3) is 0. The predicted octanol–water partition coefficient (Wildman–Crippen LogP) is 1.08. The van der Waals surface area contributed by atoms with Crippen molar-refractivity contribution in [2.24, 2.45) is 0 Å². The largest absolute Gasteiger partial charge is 0.326 e. The molecule has 1 N–H and O–H groups in total. The van der Waals surface area contributed by atoms with Gasteiger partial charge in [0, 0.05) is 24.8 Å². The Morgan fingerprint density at radius 3 is 3.06 bits per heavy atom. The zero-order valence-corrected chi connectivity index (χ0v) is 8.29. The van der Waals surface area contributed by atoms with Crippen LogP contribution < -0.4 is 5.56 Å². The van der Waals surface area contributed by atoms with Crippen LogP contribution in [0.1, 0.15) is 0 Å². The van der Waals surface area contributed by atoms with Crippen LogP contribution in [-0.2, 0) is 0 Å². The first-order chi connectivity index (χ1) is 7.84. The minimum absolute atomic E-state index is 0.231.